The molecule has 4 rings (SSSR count). The summed E-state index contributed by atoms with van der Waals surface area (Å²) in [6.45, 7) is 0. The molecule has 0 unspecified atom stereocenters. The molecule has 1 N–H and O–H groups in total. The summed E-state index contributed by atoms with van der Waals surface area (Å²) in [6.07, 6.45) is -4.59. The van der Waals surface area contributed by atoms with Crippen LogP contribution in [-0.4, -0.2) is 15.2 Å². The number of phenolic OH excluding ortho intramolecular Hbond substituents is 1. The van der Waals surface area contributed by atoms with Crippen LogP contribution in [0.2, 0.25) is 10.0 Å². The minimum atomic E-state index is -4.59. The van der Waals surface area contributed by atoms with Gasteiger partial charge in [-0.05, 0) is 29.8 Å². The van der Waals surface area contributed by atoms with Crippen molar-refractivity contribution in [3.8, 4) is 39.7 Å². The van der Waals surface area contributed by atoms with Crippen molar-refractivity contribution in [1.82, 2.24) is 10.1 Å². The number of phenols is 1. The second-order valence-electron chi connectivity index (χ2n) is 6.26. The number of halogens is 5. The van der Waals surface area contributed by atoms with Crippen LogP contribution in [-0.2, 0) is 6.18 Å². The van der Waals surface area contributed by atoms with Gasteiger partial charge in [0.25, 0.3) is 5.89 Å². The number of para-hydroxylation sites is 1. The second kappa shape index (κ2) is 7.66. The summed E-state index contributed by atoms with van der Waals surface area (Å²) in [5, 5.41) is 15.2. The Bertz CT molecular complexity index is 1220. The zero-order chi connectivity index (χ0) is 21.5. The van der Waals surface area contributed by atoms with Gasteiger partial charge in [0.05, 0.1) is 26.7 Å². The van der Waals surface area contributed by atoms with Gasteiger partial charge in [-0.1, -0.05) is 64.8 Å². The van der Waals surface area contributed by atoms with Gasteiger partial charge in [-0.2, -0.15) is 18.2 Å². The lowest BCUT2D eigenvalue weighted by Gasteiger charge is -2.14. The van der Waals surface area contributed by atoms with Gasteiger partial charge in [0, 0.05) is 5.56 Å². The Labute approximate surface area is 178 Å². The van der Waals surface area contributed by atoms with Crippen molar-refractivity contribution < 1.29 is 22.8 Å². The summed E-state index contributed by atoms with van der Waals surface area (Å²) in [5.41, 5.74) is -0.638. The highest BCUT2D eigenvalue weighted by atomic mass is 35.5. The molecule has 0 spiro atoms. The molecular weight excluding hydrogens is 440 g/mol. The lowest BCUT2D eigenvalue weighted by Crippen LogP contribution is -2.06. The lowest BCUT2D eigenvalue weighted by molar-refractivity contribution is -0.137. The van der Waals surface area contributed by atoms with E-state index in [1.54, 1.807) is 18.2 Å². The third kappa shape index (κ3) is 3.62. The molecule has 0 aliphatic heterocycles. The lowest BCUT2D eigenvalue weighted by atomic mass is 9.96. The molecule has 152 valence electrons. The van der Waals surface area contributed by atoms with Crippen molar-refractivity contribution in [2.75, 3.05) is 0 Å². The van der Waals surface area contributed by atoms with Crippen molar-refractivity contribution in [3.63, 3.8) is 0 Å². The number of benzene rings is 3. The van der Waals surface area contributed by atoms with Crippen molar-refractivity contribution in [2.45, 2.75) is 6.18 Å². The van der Waals surface area contributed by atoms with Crippen LogP contribution in [0, 0.1) is 0 Å². The fourth-order valence-electron chi connectivity index (χ4n) is 3.04. The molecule has 1 aromatic heterocycles. The third-order valence-corrected chi connectivity index (χ3v) is 5.03. The predicted molar refractivity (Wildman–Crippen MR) is 107 cm³/mol. The van der Waals surface area contributed by atoms with Gasteiger partial charge in [-0.3, -0.25) is 0 Å². The Morgan fingerprint density at radius 1 is 0.800 bits per heavy atom. The van der Waals surface area contributed by atoms with E-state index in [0.29, 0.717) is 15.6 Å². The fraction of sp³-hybridized carbons (Fsp3) is 0.0476. The Hall–Kier alpha value is -3.03. The van der Waals surface area contributed by atoms with Crippen LogP contribution >= 0.6 is 23.2 Å². The van der Waals surface area contributed by atoms with E-state index in [0.717, 1.165) is 6.07 Å². The van der Waals surface area contributed by atoms with Crippen molar-refractivity contribution in [2.24, 2.45) is 0 Å². The number of rotatable bonds is 3. The summed E-state index contributed by atoms with van der Waals surface area (Å²) in [5.74, 6) is -0.430. The van der Waals surface area contributed by atoms with E-state index in [9.17, 15) is 18.3 Å². The van der Waals surface area contributed by atoms with Crippen LogP contribution in [0.5, 0.6) is 5.75 Å². The van der Waals surface area contributed by atoms with Crippen LogP contribution in [0.25, 0.3) is 34.0 Å². The summed E-state index contributed by atoms with van der Waals surface area (Å²) in [4.78, 5) is 4.21. The van der Waals surface area contributed by atoms with Gasteiger partial charge < -0.3 is 9.63 Å². The molecule has 0 radical (unpaired) electrons. The van der Waals surface area contributed by atoms with Crippen molar-refractivity contribution >= 4 is 23.2 Å². The molecule has 0 bridgehead atoms. The first-order valence-electron chi connectivity index (χ1n) is 8.54. The number of hydrogen-bond donors (Lipinski definition) is 1. The Morgan fingerprint density at radius 3 is 2.10 bits per heavy atom. The maximum atomic E-state index is 13.4. The fourth-order valence-corrected chi connectivity index (χ4v) is 3.61. The molecular formula is C21H11Cl2F3N2O2. The zero-order valence-corrected chi connectivity index (χ0v) is 16.4. The highest BCUT2D eigenvalue weighted by Crippen LogP contribution is 2.43. The molecule has 3 aromatic carbocycles. The van der Waals surface area contributed by atoms with E-state index < -0.39 is 17.5 Å². The predicted octanol–water partition coefficient (Wildman–Crippen LogP) is 7.10. The van der Waals surface area contributed by atoms with E-state index in [1.165, 1.54) is 36.4 Å². The summed E-state index contributed by atoms with van der Waals surface area (Å²) in [6, 6.07) is 14.2. The molecule has 0 saturated heterocycles. The van der Waals surface area contributed by atoms with Gasteiger partial charge in [-0.15, -0.1) is 0 Å². The molecule has 9 heteroatoms. The zero-order valence-electron chi connectivity index (χ0n) is 14.9. The highest BCUT2D eigenvalue weighted by molar-refractivity contribution is 6.38. The number of aromatic nitrogens is 2. The minimum Gasteiger partial charge on any atom is -0.506 e. The number of hydrogen-bond acceptors (Lipinski definition) is 4. The van der Waals surface area contributed by atoms with Gasteiger partial charge >= 0.3 is 6.18 Å². The SMILES string of the molecule is Oc1c(-c2nc(-c3c(Cl)cccc3Cl)no2)cccc1-c1ccccc1C(F)(F)F. The van der Waals surface area contributed by atoms with Gasteiger partial charge in [-0.25, -0.2) is 0 Å². The first kappa shape index (κ1) is 20.3. The first-order chi connectivity index (χ1) is 14.3. The molecule has 0 atom stereocenters. The average molecular weight is 451 g/mol. The maximum absolute atomic E-state index is 13.4. The quantitative estimate of drug-likeness (QED) is 0.361. The standard InChI is InChI=1S/C21H11Cl2F3N2O2/c22-15-9-4-10-16(23)17(15)19-27-20(30-28-19)13-7-3-6-12(18(13)29)11-5-1-2-8-14(11)21(24,25)26/h1-10,29H. The molecule has 30 heavy (non-hydrogen) atoms. The molecule has 4 aromatic rings. The van der Waals surface area contributed by atoms with Gasteiger partial charge in [0.1, 0.15) is 5.75 Å². The van der Waals surface area contributed by atoms with Gasteiger partial charge in [0.15, 0.2) is 0 Å². The molecule has 0 aliphatic carbocycles. The topological polar surface area (TPSA) is 59.2 Å². The van der Waals surface area contributed by atoms with Crippen LogP contribution in [0.3, 0.4) is 0 Å². The normalized spacial score (nSPS) is 11.6. The smallest absolute Gasteiger partial charge is 0.417 e. The molecule has 1 heterocycles. The van der Waals surface area contributed by atoms with E-state index in [2.05, 4.69) is 10.1 Å². The Morgan fingerprint density at radius 2 is 1.40 bits per heavy atom. The monoisotopic (exact) mass is 450 g/mol. The van der Waals surface area contributed by atoms with E-state index in [-0.39, 0.29) is 28.4 Å². The average Bonchev–Trinajstić information content (AvgIpc) is 3.17. The van der Waals surface area contributed by atoms with Gasteiger partial charge in [0.2, 0.25) is 5.82 Å². The van der Waals surface area contributed by atoms with Crippen LogP contribution in [0.1, 0.15) is 5.56 Å². The minimum absolute atomic E-state index is 0.0176. The molecule has 0 saturated carbocycles. The number of alkyl halides is 3. The number of aromatic hydroxyl groups is 1. The molecule has 0 aliphatic rings. The van der Waals surface area contributed by atoms with Crippen molar-refractivity contribution in [3.05, 3.63) is 76.3 Å². The summed E-state index contributed by atoms with van der Waals surface area (Å²) in [7, 11) is 0. The molecule has 0 amide bonds. The molecule has 4 nitrogen and oxygen atoms in total. The van der Waals surface area contributed by atoms with Crippen LogP contribution in [0.4, 0.5) is 13.2 Å². The molecule has 0 fully saturated rings. The Balaban J connectivity index is 1.83. The summed E-state index contributed by atoms with van der Waals surface area (Å²) < 4.78 is 45.4. The first-order valence-corrected chi connectivity index (χ1v) is 9.30. The van der Waals surface area contributed by atoms with Crippen LogP contribution < -0.4 is 0 Å². The largest absolute Gasteiger partial charge is 0.506 e. The van der Waals surface area contributed by atoms with Crippen LogP contribution in [0.15, 0.2) is 65.2 Å². The van der Waals surface area contributed by atoms with E-state index in [4.69, 9.17) is 27.7 Å². The Kier molecular flexibility index (Phi) is 5.17. The number of nitrogens with zero attached hydrogens (tertiary/aromatic N) is 2. The van der Waals surface area contributed by atoms with E-state index >= 15 is 0 Å². The van der Waals surface area contributed by atoms with E-state index in [1.807, 2.05) is 0 Å². The van der Waals surface area contributed by atoms with Crippen molar-refractivity contribution in [1.29, 1.82) is 0 Å². The highest BCUT2D eigenvalue weighted by Gasteiger charge is 2.34. The summed E-state index contributed by atoms with van der Waals surface area (Å²) >= 11 is 12.3. The second-order valence-corrected chi connectivity index (χ2v) is 7.08. The third-order valence-electron chi connectivity index (χ3n) is 4.40. The maximum Gasteiger partial charge on any atom is 0.417 e.